The summed E-state index contributed by atoms with van der Waals surface area (Å²) in [5.74, 6) is -0.322. The van der Waals surface area contributed by atoms with E-state index in [1.807, 2.05) is 32.9 Å². The molecular weight excluding hydrogens is 306 g/mol. The quantitative estimate of drug-likeness (QED) is 0.612. The molecular formula is C19H25NO4. The maximum atomic E-state index is 12.3. The fraction of sp³-hybridized carbons (Fsp3) is 0.474. The first-order chi connectivity index (χ1) is 11.2. The Morgan fingerprint density at radius 2 is 1.83 bits per heavy atom. The fourth-order valence-corrected chi connectivity index (χ4v) is 2.70. The number of carbonyl (C=O) groups excluding carboxylic acids is 2. The molecule has 0 N–H and O–H groups in total. The maximum absolute atomic E-state index is 12.3. The van der Waals surface area contributed by atoms with Crippen LogP contribution < -0.4 is 0 Å². The first-order valence-electron chi connectivity index (χ1n) is 8.05. The van der Waals surface area contributed by atoms with Gasteiger partial charge in [0.25, 0.3) is 0 Å². The number of rotatable bonds is 2. The van der Waals surface area contributed by atoms with Crippen molar-refractivity contribution >= 4 is 12.1 Å². The lowest BCUT2D eigenvalue weighted by molar-refractivity contribution is 0.0224. The van der Waals surface area contributed by atoms with Crippen molar-refractivity contribution in [2.45, 2.75) is 38.7 Å². The van der Waals surface area contributed by atoms with Gasteiger partial charge in [-0.15, -0.1) is 0 Å². The number of methoxy groups -OCH3 is 1. The van der Waals surface area contributed by atoms with Crippen LogP contribution in [0.1, 0.15) is 49.0 Å². The number of nitrogens with zero attached hydrogens (tertiary/aromatic N) is 1. The van der Waals surface area contributed by atoms with Gasteiger partial charge in [-0.05, 0) is 44.9 Å². The van der Waals surface area contributed by atoms with Gasteiger partial charge in [-0.1, -0.05) is 24.3 Å². The molecule has 1 aliphatic heterocycles. The molecule has 24 heavy (non-hydrogen) atoms. The molecule has 1 aromatic rings. The van der Waals surface area contributed by atoms with E-state index in [9.17, 15) is 9.59 Å². The van der Waals surface area contributed by atoms with E-state index in [1.54, 1.807) is 17.0 Å². The van der Waals surface area contributed by atoms with Crippen molar-refractivity contribution < 1.29 is 19.1 Å². The molecule has 0 aliphatic carbocycles. The van der Waals surface area contributed by atoms with Gasteiger partial charge in [-0.3, -0.25) is 0 Å². The topological polar surface area (TPSA) is 55.8 Å². The average Bonchev–Trinajstić information content (AvgIpc) is 2.53. The first kappa shape index (κ1) is 18.0. The van der Waals surface area contributed by atoms with Gasteiger partial charge < -0.3 is 14.4 Å². The Kier molecular flexibility index (Phi) is 5.32. The normalized spacial score (nSPS) is 18.2. The zero-order chi connectivity index (χ0) is 17.9. The summed E-state index contributed by atoms with van der Waals surface area (Å²) in [5.41, 5.74) is 2.11. The van der Waals surface area contributed by atoms with Gasteiger partial charge in [-0.2, -0.15) is 0 Å². The minimum Gasteiger partial charge on any atom is -0.465 e. The highest BCUT2D eigenvalue weighted by atomic mass is 16.6. The number of ether oxygens (including phenoxy) is 2. The van der Waals surface area contributed by atoms with Gasteiger partial charge in [0, 0.05) is 19.0 Å². The van der Waals surface area contributed by atoms with E-state index in [0.717, 1.165) is 17.6 Å². The largest absolute Gasteiger partial charge is 0.465 e. The zero-order valence-electron chi connectivity index (χ0n) is 14.8. The van der Waals surface area contributed by atoms with Crippen molar-refractivity contribution in [3.05, 3.63) is 47.5 Å². The van der Waals surface area contributed by atoms with Crippen LogP contribution in [0.15, 0.2) is 36.4 Å². The molecule has 5 nitrogen and oxygen atoms in total. The first-order valence-corrected chi connectivity index (χ1v) is 8.05. The minimum atomic E-state index is -0.511. The number of piperidine rings is 1. The second-order valence-electron chi connectivity index (χ2n) is 7.00. The second-order valence-corrected chi connectivity index (χ2v) is 7.00. The SMILES string of the molecule is C=C1CCN(C(=O)OC(C)(C)C)CC1c1ccc(C(=O)OC)cc1. The monoisotopic (exact) mass is 331 g/mol. The average molecular weight is 331 g/mol. The standard InChI is InChI=1S/C19H25NO4/c1-13-10-11-20(18(22)24-19(2,3)4)12-16(13)14-6-8-15(9-7-14)17(21)23-5/h6-9,16H,1,10-12H2,2-5H3. The molecule has 0 saturated carbocycles. The second kappa shape index (κ2) is 7.07. The van der Waals surface area contributed by atoms with E-state index in [-0.39, 0.29) is 18.0 Å². The van der Waals surface area contributed by atoms with Crippen LogP contribution in [-0.2, 0) is 9.47 Å². The van der Waals surface area contributed by atoms with E-state index in [2.05, 4.69) is 6.58 Å². The van der Waals surface area contributed by atoms with Crippen LogP contribution in [-0.4, -0.2) is 42.8 Å². The molecule has 1 heterocycles. The number of esters is 1. The number of carbonyl (C=O) groups is 2. The van der Waals surface area contributed by atoms with Crippen molar-refractivity contribution in [1.29, 1.82) is 0 Å². The van der Waals surface area contributed by atoms with Crippen molar-refractivity contribution in [2.75, 3.05) is 20.2 Å². The summed E-state index contributed by atoms with van der Waals surface area (Å²) in [6.45, 7) is 10.9. The van der Waals surface area contributed by atoms with Crippen LogP contribution in [0.2, 0.25) is 0 Å². The highest BCUT2D eigenvalue weighted by molar-refractivity contribution is 5.89. The Balaban J connectivity index is 2.12. The lowest BCUT2D eigenvalue weighted by atomic mass is 9.86. The fourth-order valence-electron chi connectivity index (χ4n) is 2.70. The third-order valence-electron chi connectivity index (χ3n) is 3.98. The summed E-state index contributed by atoms with van der Waals surface area (Å²) in [7, 11) is 1.36. The van der Waals surface area contributed by atoms with Gasteiger partial charge in [0.1, 0.15) is 5.60 Å². The molecule has 1 atom stereocenters. The summed E-state index contributed by atoms with van der Waals surface area (Å²) in [6, 6.07) is 7.25. The van der Waals surface area contributed by atoms with Gasteiger partial charge in [0.15, 0.2) is 0 Å². The molecule has 0 aromatic heterocycles. The molecule has 1 aromatic carbocycles. The zero-order valence-corrected chi connectivity index (χ0v) is 14.8. The van der Waals surface area contributed by atoms with Crippen LogP contribution in [0, 0.1) is 0 Å². The van der Waals surface area contributed by atoms with Crippen molar-refractivity contribution in [2.24, 2.45) is 0 Å². The van der Waals surface area contributed by atoms with E-state index in [4.69, 9.17) is 9.47 Å². The highest BCUT2D eigenvalue weighted by Gasteiger charge is 2.30. The molecule has 1 aliphatic rings. The number of likely N-dealkylation sites (tertiary alicyclic amines) is 1. The molecule has 0 radical (unpaired) electrons. The molecule has 2 rings (SSSR count). The molecule has 1 saturated heterocycles. The smallest absolute Gasteiger partial charge is 0.410 e. The number of hydrogen-bond acceptors (Lipinski definition) is 4. The van der Waals surface area contributed by atoms with E-state index in [1.165, 1.54) is 7.11 Å². The summed E-state index contributed by atoms with van der Waals surface area (Å²) >= 11 is 0. The van der Waals surface area contributed by atoms with Crippen molar-refractivity contribution in [1.82, 2.24) is 4.90 Å². The summed E-state index contributed by atoms with van der Waals surface area (Å²) < 4.78 is 10.2. The Bertz CT molecular complexity index is 628. The lowest BCUT2D eigenvalue weighted by Crippen LogP contribution is -2.42. The lowest BCUT2D eigenvalue weighted by Gasteiger charge is -2.35. The van der Waals surface area contributed by atoms with Crippen LogP contribution in [0.4, 0.5) is 4.79 Å². The number of amides is 1. The van der Waals surface area contributed by atoms with Gasteiger partial charge in [0.2, 0.25) is 0 Å². The Morgan fingerprint density at radius 1 is 1.21 bits per heavy atom. The van der Waals surface area contributed by atoms with Crippen LogP contribution in [0.25, 0.3) is 0 Å². The van der Waals surface area contributed by atoms with E-state index >= 15 is 0 Å². The van der Waals surface area contributed by atoms with Crippen molar-refractivity contribution in [3.8, 4) is 0 Å². The third-order valence-corrected chi connectivity index (χ3v) is 3.98. The highest BCUT2D eigenvalue weighted by Crippen LogP contribution is 2.31. The molecule has 0 bridgehead atoms. The minimum absolute atomic E-state index is 0.0398. The van der Waals surface area contributed by atoms with Crippen LogP contribution >= 0.6 is 0 Å². The summed E-state index contributed by atoms with van der Waals surface area (Å²) in [6.07, 6.45) is 0.439. The van der Waals surface area contributed by atoms with Gasteiger partial charge in [-0.25, -0.2) is 9.59 Å². The number of benzene rings is 1. The Hall–Kier alpha value is -2.30. The van der Waals surface area contributed by atoms with Gasteiger partial charge in [0.05, 0.1) is 12.7 Å². The Morgan fingerprint density at radius 3 is 2.38 bits per heavy atom. The summed E-state index contributed by atoms with van der Waals surface area (Å²) in [5, 5.41) is 0. The van der Waals surface area contributed by atoms with E-state index in [0.29, 0.717) is 18.7 Å². The Labute approximate surface area is 143 Å². The van der Waals surface area contributed by atoms with Crippen molar-refractivity contribution in [3.63, 3.8) is 0 Å². The summed E-state index contributed by atoms with van der Waals surface area (Å²) in [4.78, 5) is 25.5. The molecule has 130 valence electrons. The predicted molar refractivity (Wildman–Crippen MR) is 92.1 cm³/mol. The predicted octanol–water partition coefficient (Wildman–Crippen LogP) is 3.75. The maximum Gasteiger partial charge on any atom is 0.410 e. The molecule has 1 unspecified atom stereocenters. The molecule has 0 spiro atoms. The number of hydrogen-bond donors (Lipinski definition) is 0. The third kappa shape index (κ3) is 4.37. The van der Waals surface area contributed by atoms with Gasteiger partial charge >= 0.3 is 12.1 Å². The van der Waals surface area contributed by atoms with E-state index < -0.39 is 5.60 Å². The molecule has 1 amide bonds. The van der Waals surface area contributed by atoms with Crippen LogP contribution in [0.3, 0.4) is 0 Å². The molecule has 1 fully saturated rings. The van der Waals surface area contributed by atoms with Crippen LogP contribution in [0.5, 0.6) is 0 Å². The molecule has 5 heteroatoms.